The molecule has 5 heteroatoms. The van der Waals surface area contributed by atoms with Crippen molar-refractivity contribution >= 4 is 5.91 Å². The summed E-state index contributed by atoms with van der Waals surface area (Å²) in [6, 6.07) is 19.8. The Hall–Kier alpha value is -2.95. The minimum atomic E-state index is -0.0660. The molecule has 1 aliphatic heterocycles. The van der Waals surface area contributed by atoms with Crippen LogP contribution in [0.15, 0.2) is 60.7 Å². The van der Waals surface area contributed by atoms with E-state index in [9.17, 15) is 4.79 Å². The van der Waals surface area contributed by atoms with Crippen molar-refractivity contribution in [1.29, 1.82) is 0 Å². The van der Waals surface area contributed by atoms with Crippen LogP contribution in [0, 0.1) is 0 Å². The maximum atomic E-state index is 13.1. The number of hydrogen-bond donors (Lipinski definition) is 0. The molecule has 0 unspecified atom stereocenters. The van der Waals surface area contributed by atoms with Gasteiger partial charge in [0.15, 0.2) is 5.82 Å². The molecular weight excluding hydrogens is 336 g/mol. The first-order valence-electron chi connectivity index (χ1n) is 9.70. The second-order valence-corrected chi connectivity index (χ2v) is 6.93. The number of carbonyl (C=O) groups is 1. The van der Waals surface area contributed by atoms with Crippen molar-refractivity contribution in [2.75, 3.05) is 13.1 Å². The Balaban J connectivity index is 1.71. The molecule has 0 N–H and O–H groups in total. The van der Waals surface area contributed by atoms with Crippen LogP contribution >= 0.6 is 0 Å². The highest BCUT2D eigenvalue weighted by Crippen LogP contribution is 2.22. The minimum absolute atomic E-state index is 0.0660. The Morgan fingerprint density at radius 2 is 1.37 bits per heavy atom. The van der Waals surface area contributed by atoms with Gasteiger partial charge in [0.1, 0.15) is 0 Å². The third-order valence-electron chi connectivity index (χ3n) is 4.97. The van der Waals surface area contributed by atoms with Gasteiger partial charge in [-0.2, -0.15) is 0 Å². The summed E-state index contributed by atoms with van der Waals surface area (Å²) in [5.74, 6) is 0.902. The fraction of sp³-hybridized carbons (Fsp3) is 0.318. The van der Waals surface area contributed by atoms with Crippen LogP contribution in [0.1, 0.15) is 42.7 Å². The molecule has 1 aromatic heterocycles. The van der Waals surface area contributed by atoms with Crippen LogP contribution in [-0.4, -0.2) is 38.7 Å². The number of benzene rings is 2. The molecule has 138 valence electrons. The van der Waals surface area contributed by atoms with Crippen LogP contribution in [0.3, 0.4) is 0 Å². The standard InChI is InChI=1S/C22H24N4O/c27-22(25-16-10-2-1-3-11-17-25)20-23-21(18-12-6-4-7-13-18)26(24-20)19-14-8-5-9-15-19/h4-9,12-15H,1-3,10-11,16-17H2. The first kappa shape index (κ1) is 17.5. The van der Waals surface area contributed by atoms with Crippen molar-refractivity contribution in [2.24, 2.45) is 0 Å². The number of hydrogen-bond acceptors (Lipinski definition) is 3. The fourth-order valence-electron chi connectivity index (χ4n) is 3.52. The highest BCUT2D eigenvalue weighted by molar-refractivity contribution is 5.91. The number of nitrogens with zero attached hydrogens (tertiary/aromatic N) is 4. The van der Waals surface area contributed by atoms with E-state index in [1.54, 1.807) is 4.68 Å². The predicted octanol–water partition coefficient (Wildman–Crippen LogP) is 4.34. The Morgan fingerprint density at radius 1 is 0.778 bits per heavy atom. The zero-order chi connectivity index (χ0) is 18.5. The topological polar surface area (TPSA) is 51.0 Å². The van der Waals surface area contributed by atoms with E-state index in [2.05, 4.69) is 10.1 Å². The van der Waals surface area contributed by atoms with Gasteiger partial charge >= 0.3 is 0 Å². The minimum Gasteiger partial charge on any atom is -0.336 e. The van der Waals surface area contributed by atoms with Crippen LogP contribution in [0.2, 0.25) is 0 Å². The summed E-state index contributed by atoms with van der Waals surface area (Å²) >= 11 is 0. The highest BCUT2D eigenvalue weighted by Gasteiger charge is 2.23. The maximum Gasteiger partial charge on any atom is 0.293 e. The van der Waals surface area contributed by atoms with Crippen molar-refractivity contribution < 1.29 is 4.79 Å². The smallest absolute Gasteiger partial charge is 0.293 e. The Morgan fingerprint density at radius 3 is 2.04 bits per heavy atom. The lowest BCUT2D eigenvalue weighted by Gasteiger charge is -2.23. The van der Waals surface area contributed by atoms with Gasteiger partial charge in [0.25, 0.3) is 5.91 Å². The van der Waals surface area contributed by atoms with Gasteiger partial charge in [-0.25, -0.2) is 9.67 Å². The van der Waals surface area contributed by atoms with Gasteiger partial charge in [-0.05, 0) is 25.0 Å². The van der Waals surface area contributed by atoms with Gasteiger partial charge in [0, 0.05) is 18.7 Å². The second kappa shape index (κ2) is 8.16. The first-order chi connectivity index (χ1) is 13.3. The number of rotatable bonds is 3. The number of aromatic nitrogens is 3. The molecule has 3 aromatic rings. The molecule has 0 spiro atoms. The number of likely N-dealkylation sites (tertiary alicyclic amines) is 1. The van der Waals surface area contributed by atoms with Crippen LogP contribution in [-0.2, 0) is 0 Å². The molecule has 0 radical (unpaired) electrons. The molecule has 0 saturated carbocycles. The monoisotopic (exact) mass is 360 g/mol. The van der Waals surface area contributed by atoms with Crippen LogP contribution in [0.4, 0.5) is 0 Å². The molecule has 27 heavy (non-hydrogen) atoms. The van der Waals surface area contributed by atoms with E-state index >= 15 is 0 Å². The summed E-state index contributed by atoms with van der Waals surface area (Å²) in [4.78, 5) is 19.6. The number of amides is 1. The van der Waals surface area contributed by atoms with Crippen LogP contribution in [0.5, 0.6) is 0 Å². The highest BCUT2D eigenvalue weighted by atomic mass is 16.2. The van der Waals surface area contributed by atoms with Gasteiger partial charge < -0.3 is 4.90 Å². The average Bonchev–Trinajstić information content (AvgIpc) is 3.14. The molecule has 4 rings (SSSR count). The van der Waals surface area contributed by atoms with Crippen molar-refractivity contribution in [3.63, 3.8) is 0 Å². The summed E-state index contributed by atoms with van der Waals surface area (Å²) in [6.07, 6.45) is 5.74. The SMILES string of the molecule is O=C(c1nc(-c2ccccc2)n(-c2ccccc2)n1)N1CCCCCCC1. The maximum absolute atomic E-state index is 13.1. The van der Waals surface area contributed by atoms with Gasteiger partial charge in [-0.15, -0.1) is 5.10 Å². The van der Waals surface area contributed by atoms with E-state index in [1.807, 2.05) is 65.6 Å². The zero-order valence-corrected chi connectivity index (χ0v) is 15.4. The van der Waals surface area contributed by atoms with E-state index in [4.69, 9.17) is 0 Å². The normalized spacial score (nSPS) is 15.2. The van der Waals surface area contributed by atoms with Gasteiger partial charge in [-0.1, -0.05) is 67.8 Å². The number of para-hydroxylation sites is 1. The lowest BCUT2D eigenvalue weighted by molar-refractivity contribution is 0.0730. The molecule has 1 saturated heterocycles. The van der Waals surface area contributed by atoms with Crippen molar-refractivity contribution in [3.05, 3.63) is 66.5 Å². The van der Waals surface area contributed by atoms with Crippen LogP contribution < -0.4 is 0 Å². The van der Waals surface area contributed by atoms with Crippen molar-refractivity contribution in [1.82, 2.24) is 19.7 Å². The molecule has 0 bridgehead atoms. The third kappa shape index (κ3) is 3.92. The molecule has 2 heterocycles. The Labute approximate surface area is 159 Å². The lowest BCUT2D eigenvalue weighted by Crippen LogP contribution is -2.34. The summed E-state index contributed by atoms with van der Waals surface area (Å²) < 4.78 is 1.77. The van der Waals surface area contributed by atoms with E-state index in [0.717, 1.165) is 37.2 Å². The summed E-state index contributed by atoms with van der Waals surface area (Å²) in [7, 11) is 0. The quantitative estimate of drug-likeness (QED) is 0.698. The number of carbonyl (C=O) groups excluding carboxylic acids is 1. The Bertz CT molecular complexity index is 824. The van der Waals surface area contributed by atoms with Gasteiger partial charge in [0.05, 0.1) is 5.69 Å². The summed E-state index contributed by atoms with van der Waals surface area (Å²) in [5, 5.41) is 4.60. The molecule has 1 fully saturated rings. The zero-order valence-electron chi connectivity index (χ0n) is 15.4. The van der Waals surface area contributed by atoms with Crippen LogP contribution in [0.25, 0.3) is 17.1 Å². The van der Waals surface area contributed by atoms with Gasteiger partial charge in [-0.3, -0.25) is 4.79 Å². The molecule has 1 amide bonds. The van der Waals surface area contributed by atoms with Gasteiger partial charge in [0.2, 0.25) is 5.82 Å². The fourth-order valence-corrected chi connectivity index (χ4v) is 3.52. The predicted molar refractivity (Wildman–Crippen MR) is 106 cm³/mol. The molecule has 5 nitrogen and oxygen atoms in total. The molecule has 2 aromatic carbocycles. The summed E-state index contributed by atoms with van der Waals surface area (Å²) in [6.45, 7) is 1.58. The van der Waals surface area contributed by atoms with E-state index in [0.29, 0.717) is 5.82 Å². The van der Waals surface area contributed by atoms with Crippen molar-refractivity contribution in [2.45, 2.75) is 32.1 Å². The second-order valence-electron chi connectivity index (χ2n) is 6.93. The molecule has 1 aliphatic rings. The molecule has 0 atom stereocenters. The van der Waals surface area contributed by atoms with Crippen molar-refractivity contribution in [3.8, 4) is 17.1 Å². The molecular formula is C22H24N4O. The lowest BCUT2D eigenvalue weighted by atomic mass is 10.1. The average molecular weight is 360 g/mol. The van der Waals surface area contributed by atoms with E-state index in [-0.39, 0.29) is 11.7 Å². The molecule has 0 aliphatic carbocycles. The van der Waals surface area contributed by atoms with E-state index in [1.165, 1.54) is 19.3 Å². The third-order valence-corrected chi connectivity index (χ3v) is 4.97. The first-order valence-corrected chi connectivity index (χ1v) is 9.70. The van der Waals surface area contributed by atoms with E-state index < -0.39 is 0 Å². The largest absolute Gasteiger partial charge is 0.336 e. The summed E-state index contributed by atoms with van der Waals surface area (Å²) in [5.41, 5.74) is 1.84. The Kier molecular flexibility index (Phi) is 5.28.